The first-order valence-electron chi connectivity index (χ1n) is 7.06. The first-order valence-corrected chi connectivity index (χ1v) is 7.06. The lowest BCUT2D eigenvalue weighted by atomic mass is 10.3. The standard InChI is InChI=1S/C13H25N5O2/c1-4-14-13(16-9-6-10-19-3)15-8-5-7-12-17-11(2)18-20-12/h4-10H2,1-3H3,(H2,14,15,16). The summed E-state index contributed by atoms with van der Waals surface area (Å²) in [5.74, 6) is 2.19. The van der Waals surface area contributed by atoms with Crippen LogP contribution in [0, 0.1) is 6.92 Å². The number of ether oxygens (including phenoxy) is 1. The molecule has 0 radical (unpaired) electrons. The SMILES string of the molecule is CCNC(=NCCCc1nc(C)no1)NCCCOC. The average molecular weight is 283 g/mol. The summed E-state index contributed by atoms with van der Waals surface area (Å²) in [6.07, 6.45) is 2.60. The van der Waals surface area contributed by atoms with E-state index in [4.69, 9.17) is 9.26 Å². The van der Waals surface area contributed by atoms with Gasteiger partial charge < -0.3 is 19.9 Å². The van der Waals surface area contributed by atoms with Crippen molar-refractivity contribution in [2.24, 2.45) is 4.99 Å². The van der Waals surface area contributed by atoms with Crippen LogP contribution < -0.4 is 10.6 Å². The highest BCUT2D eigenvalue weighted by Crippen LogP contribution is 1.99. The van der Waals surface area contributed by atoms with Gasteiger partial charge in [-0.25, -0.2) is 0 Å². The Labute approximate surface area is 120 Å². The summed E-state index contributed by atoms with van der Waals surface area (Å²) >= 11 is 0. The van der Waals surface area contributed by atoms with E-state index in [1.165, 1.54) is 0 Å². The number of rotatable bonds is 9. The fourth-order valence-electron chi connectivity index (χ4n) is 1.63. The average Bonchev–Trinajstić information content (AvgIpc) is 2.85. The van der Waals surface area contributed by atoms with Crippen molar-refractivity contribution < 1.29 is 9.26 Å². The van der Waals surface area contributed by atoms with Gasteiger partial charge in [0.05, 0.1) is 0 Å². The number of hydrogen-bond donors (Lipinski definition) is 2. The van der Waals surface area contributed by atoms with Crippen molar-refractivity contribution >= 4 is 5.96 Å². The van der Waals surface area contributed by atoms with Gasteiger partial charge in [-0.3, -0.25) is 4.99 Å². The molecule has 0 aliphatic carbocycles. The highest BCUT2D eigenvalue weighted by Gasteiger charge is 2.02. The van der Waals surface area contributed by atoms with Crippen LogP contribution in [0.3, 0.4) is 0 Å². The zero-order valence-electron chi connectivity index (χ0n) is 12.6. The minimum Gasteiger partial charge on any atom is -0.385 e. The van der Waals surface area contributed by atoms with E-state index >= 15 is 0 Å². The van der Waals surface area contributed by atoms with Crippen LogP contribution in [0.5, 0.6) is 0 Å². The van der Waals surface area contributed by atoms with Gasteiger partial charge in [0.25, 0.3) is 0 Å². The number of guanidine groups is 1. The Kier molecular flexibility index (Phi) is 8.37. The van der Waals surface area contributed by atoms with E-state index < -0.39 is 0 Å². The van der Waals surface area contributed by atoms with Gasteiger partial charge in [0.15, 0.2) is 11.8 Å². The first kappa shape index (κ1) is 16.4. The second-order valence-electron chi connectivity index (χ2n) is 4.37. The molecule has 7 nitrogen and oxygen atoms in total. The number of nitrogens with zero attached hydrogens (tertiary/aromatic N) is 3. The van der Waals surface area contributed by atoms with Gasteiger partial charge in [-0.2, -0.15) is 4.98 Å². The van der Waals surface area contributed by atoms with E-state index in [1.54, 1.807) is 7.11 Å². The maximum absolute atomic E-state index is 5.06. The van der Waals surface area contributed by atoms with Gasteiger partial charge in [0, 0.05) is 39.8 Å². The van der Waals surface area contributed by atoms with Gasteiger partial charge in [-0.05, 0) is 26.7 Å². The minimum absolute atomic E-state index is 0.677. The number of aromatic nitrogens is 2. The van der Waals surface area contributed by atoms with Crippen LogP contribution in [-0.4, -0.2) is 49.5 Å². The molecular formula is C13H25N5O2. The third-order valence-electron chi connectivity index (χ3n) is 2.55. The fraction of sp³-hybridized carbons (Fsp3) is 0.769. The van der Waals surface area contributed by atoms with Crippen molar-refractivity contribution in [3.05, 3.63) is 11.7 Å². The number of methoxy groups -OCH3 is 1. The number of aryl methyl sites for hydroxylation is 2. The van der Waals surface area contributed by atoms with Gasteiger partial charge in [0.2, 0.25) is 5.89 Å². The van der Waals surface area contributed by atoms with Crippen LogP contribution in [0.1, 0.15) is 31.5 Å². The molecule has 0 aliphatic rings. The summed E-state index contributed by atoms with van der Waals surface area (Å²) in [4.78, 5) is 8.66. The molecule has 0 saturated carbocycles. The van der Waals surface area contributed by atoms with Crippen molar-refractivity contribution in [3.63, 3.8) is 0 Å². The molecule has 0 amide bonds. The maximum atomic E-state index is 5.06. The molecule has 0 spiro atoms. The number of hydrogen-bond acceptors (Lipinski definition) is 5. The van der Waals surface area contributed by atoms with Crippen LogP contribution in [-0.2, 0) is 11.2 Å². The van der Waals surface area contributed by atoms with Gasteiger partial charge in [-0.1, -0.05) is 5.16 Å². The molecular weight excluding hydrogens is 258 g/mol. The molecule has 2 N–H and O–H groups in total. The topological polar surface area (TPSA) is 84.6 Å². The third-order valence-corrected chi connectivity index (χ3v) is 2.55. The Bertz CT molecular complexity index is 392. The molecule has 114 valence electrons. The molecule has 1 rings (SSSR count). The molecule has 0 unspecified atom stereocenters. The molecule has 1 aromatic rings. The van der Waals surface area contributed by atoms with E-state index in [0.29, 0.717) is 11.7 Å². The highest BCUT2D eigenvalue weighted by molar-refractivity contribution is 5.79. The molecule has 0 aliphatic heterocycles. The Balaban J connectivity index is 2.23. The molecule has 20 heavy (non-hydrogen) atoms. The molecule has 0 fully saturated rings. The summed E-state index contributed by atoms with van der Waals surface area (Å²) in [7, 11) is 1.71. The quantitative estimate of drug-likeness (QED) is 0.398. The van der Waals surface area contributed by atoms with Crippen LogP contribution in [0.15, 0.2) is 9.52 Å². The Morgan fingerprint density at radius 2 is 2.20 bits per heavy atom. The van der Waals surface area contributed by atoms with Crippen LogP contribution in [0.4, 0.5) is 0 Å². The largest absolute Gasteiger partial charge is 0.385 e. The Morgan fingerprint density at radius 3 is 2.85 bits per heavy atom. The number of aliphatic imine (C=N–C) groups is 1. The van der Waals surface area contributed by atoms with Gasteiger partial charge in [0.1, 0.15) is 0 Å². The molecule has 0 bridgehead atoms. The second kappa shape index (κ2) is 10.2. The fourth-order valence-corrected chi connectivity index (χ4v) is 1.63. The summed E-state index contributed by atoms with van der Waals surface area (Å²) in [5.41, 5.74) is 0. The third kappa shape index (κ3) is 7.08. The van der Waals surface area contributed by atoms with Crippen molar-refractivity contribution in [2.45, 2.75) is 33.1 Å². The normalized spacial score (nSPS) is 11.7. The maximum Gasteiger partial charge on any atom is 0.226 e. The van der Waals surface area contributed by atoms with Crippen LogP contribution >= 0.6 is 0 Å². The van der Waals surface area contributed by atoms with Crippen molar-refractivity contribution in [1.29, 1.82) is 0 Å². The summed E-state index contributed by atoms with van der Waals surface area (Å²) < 4.78 is 10.1. The van der Waals surface area contributed by atoms with Gasteiger partial charge in [-0.15, -0.1) is 0 Å². The summed E-state index contributed by atoms with van der Waals surface area (Å²) in [6, 6.07) is 0. The zero-order chi connectivity index (χ0) is 14.6. The van der Waals surface area contributed by atoms with Crippen LogP contribution in [0.25, 0.3) is 0 Å². The predicted molar refractivity (Wildman–Crippen MR) is 77.8 cm³/mol. The monoisotopic (exact) mass is 283 g/mol. The van der Waals surface area contributed by atoms with Gasteiger partial charge >= 0.3 is 0 Å². The lowest BCUT2D eigenvalue weighted by Crippen LogP contribution is -2.38. The molecule has 1 aromatic heterocycles. The van der Waals surface area contributed by atoms with Crippen molar-refractivity contribution in [3.8, 4) is 0 Å². The molecule has 7 heteroatoms. The Hall–Kier alpha value is -1.63. The lowest BCUT2D eigenvalue weighted by Gasteiger charge is -2.10. The van der Waals surface area contributed by atoms with Crippen LogP contribution in [0.2, 0.25) is 0 Å². The lowest BCUT2D eigenvalue weighted by molar-refractivity contribution is 0.195. The van der Waals surface area contributed by atoms with Crippen molar-refractivity contribution in [1.82, 2.24) is 20.8 Å². The van der Waals surface area contributed by atoms with E-state index in [0.717, 1.165) is 51.5 Å². The smallest absolute Gasteiger partial charge is 0.226 e. The molecule has 0 atom stereocenters. The second-order valence-corrected chi connectivity index (χ2v) is 4.37. The minimum atomic E-state index is 0.677. The molecule has 0 saturated heterocycles. The van der Waals surface area contributed by atoms with E-state index in [9.17, 15) is 0 Å². The first-order chi connectivity index (χ1) is 9.76. The number of nitrogens with one attached hydrogen (secondary N) is 2. The molecule has 0 aromatic carbocycles. The molecule has 1 heterocycles. The summed E-state index contributed by atoms with van der Waals surface area (Å²) in [6.45, 7) is 7.04. The predicted octanol–water partition coefficient (Wildman–Crippen LogP) is 0.902. The van der Waals surface area contributed by atoms with E-state index in [-0.39, 0.29) is 0 Å². The Morgan fingerprint density at radius 1 is 1.35 bits per heavy atom. The van der Waals surface area contributed by atoms with Crippen molar-refractivity contribution in [2.75, 3.05) is 33.4 Å². The highest BCUT2D eigenvalue weighted by atomic mass is 16.5. The zero-order valence-corrected chi connectivity index (χ0v) is 12.6. The van der Waals surface area contributed by atoms with E-state index in [2.05, 4.69) is 25.8 Å². The van der Waals surface area contributed by atoms with E-state index in [1.807, 2.05) is 13.8 Å². The summed E-state index contributed by atoms with van der Waals surface area (Å²) in [5, 5.41) is 10.2.